The Kier molecular flexibility index (Phi) is 3.76. The van der Waals surface area contributed by atoms with Gasteiger partial charge in [-0.05, 0) is 38.1 Å². The maximum Gasteiger partial charge on any atom is 0.255 e. The highest BCUT2D eigenvalue weighted by atomic mass is 35.5. The van der Waals surface area contributed by atoms with Crippen LogP contribution in [0.5, 0.6) is 5.75 Å². The SMILES string of the molecule is Cc1cc(C)cc(C(=O)Nc2ccc(Cl)cc2O)c1. The minimum atomic E-state index is -0.260. The first-order chi connectivity index (χ1) is 8.95. The highest BCUT2D eigenvalue weighted by Crippen LogP contribution is 2.27. The Labute approximate surface area is 116 Å². The molecule has 0 fully saturated rings. The summed E-state index contributed by atoms with van der Waals surface area (Å²) in [7, 11) is 0. The molecule has 0 spiro atoms. The highest BCUT2D eigenvalue weighted by Gasteiger charge is 2.10. The molecule has 0 radical (unpaired) electrons. The van der Waals surface area contributed by atoms with Crippen molar-refractivity contribution in [3.8, 4) is 5.75 Å². The van der Waals surface area contributed by atoms with Crippen molar-refractivity contribution in [3.05, 3.63) is 58.1 Å². The van der Waals surface area contributed by atoms with E-state index in [1.54, 1.807) is 24.3 Å². The molecule has 2 N–H and O–H groups in total. The van der Waals surface area contributed by atoms with E-state index in [0.717, 1.165) is 11.1 Å². The monoisotopic (exact) mass is 275 g/mol. The summed E-state index contributed by atoms with van der Waals surface area (Å²) < 4.78 is 0. The first kappa shape index (κ1) is 13.4. The van der Waals surface area contributed by atoms with Gasteiger partial charge in [-0.15, -0.1) is 0 Å². The third-order valence-corrected chi connectivity index (χ3v) is 2.93. The average Bonchev–Trinajstić information content (AvgIpc) is 2.31. The maximum absolute atomic E-state index is 12.1. The molecule has 2 aromatic carbocycles. The van der Waals surface area contributed by atoms with Crippen LogP contribution in [-0.2, 0) is 0 Å². The number of hydrogen-bond acceptors (Lipinski definition) is 2. The fraction of sp³-hybridized carbons (Fsp3) is 0.133. The Balaban J connectivity index is 2.25. The van der Waals surface area contributed by atoms with Crippen molar-refractivity contribution in [1.82, 2.24) is 0 Å². The number of halogens is 1. The lowest BCUT2D eigenvalue weighted by Crippen LogP contribution is -2.12. The zero-order chi connectivity index (χ0) is 14.0. The molecule has 0 aromatic heterocycles. The standard InChI is InChI=1S/C15H14ClNO2/c1-9-5-10(2)7-11(6-9)15(19)17-13-4-3-12(16)8-14(13)18/h3-8,18H,1-2H3,(H,17,19). The van der Waals surface area contributed by atoms with E-state index >= 15 is 0 Å². The summed E-state index contributed by atoms with van der Waals surface area (Å²) >= 11 is 5.74. The summed E-state index contributed by atoms with van der Waals surface area (Å²) in [5.41, 5.74) is 2.94. The van der Waals surface area contributed by atoms with E-state index in [9.17, 15) is 9.90 Å². The van der Waals surface area contributed by atoms with Gasteiger partial charge in [-0.25, -0.2) is 0 Å². The zero-order valence-corrected chi connectivity index (χ0v) is 11.5. The van der Waals surface area contributed by atoms with Crippen molar-refractivity contribution in [3.63, 3.8) is 0 Å². The largest absolute Gasteiger partial charge is 0.506 e. The van der Waals surface area contributed by atoms with Gasteiger partial charge >= 0.3 is 0 Å². The number of carbonyl (C=O) groups excluding carboxylic acids is 1. The smallest absolute Gasteiger partial charge is 0.255 e. The van der Waals surface area contributed by atoms with E-state index in [-0.39, 0.29) is 11.7 Å². The normalized spacial score (nSPS) is 10.3. The number of anilines is 1. The lowest BCUT2D eigenvalue weighted by Gasteiger charge is -2.09. The van der Waals surface area contributed by atoms with Crippen LogP contribution in [0.25, 0.3) is 0 Å². The second-order valence-corrected chi connectivity index (χ2v) is 4.93. The number of nitrogens with one attached hydrogen (secondary N) is 1. The number of phenolic OH excluding ortho intramolecular Hbond substituents is 1. The van der Waals surface area contributed by atoms with Gasteiger partial charge in [-0.3, -0.25) is 4.79 Å². The fourth-order valence-corrected chi connectivity index (χ4v) is 2.08. The molecule has 0 saturated carbocycles. The Morgan fingerprint density at radius 1 is 1.11 bits per heavy atom. The van der Waals surface area contributed by atoms with Crippen molar-refractivity contribution in [2.75, 3.05) is 5.32 Å². The summed E-state index contributed by atoms with van der Waals surface area (Å²) in [4.78, 5) is 12.1. The molecule has 3 nitrogen and oxygen atoms in total. The molecule has 2 aromatic rings. The van der Waals surface area contributed by atoms with Gasteiger partial charge in [-0.2, -0.15) is 0 Å². The lowest BCUT2D eigenvalue weighted by molar-refractivity contribution is 0.102. The van der Waals surface area contributed by atoms with Gasteiger partial charge in [0.1, 0.15) is 5.75 Å². The van der Waals surface area contributed by atoms with Crippen molar-refractivity contribution in [1.29, 1.82) is 0 Å². The molecule has 0 heterocycles. The molecular weight excluding hydrogens is 262 g/mol. The van der Waals surface area contributed by atoms with Crippen molar-refractivity contribution in [2.24, 2.45) is 0 Å². The first-order valence-electron chi connectivity index (χ1n) is 5.84. The fourth-order valence-electron chi connectivity index (χ4n) is 1.91. The van der Waals surface area contributed by atoms with Crippen molar-refractivity contribution < 1.29 is 9.90 Å². The molecule has 0 aliphatic carbocycles. The molecule has 98 valence electrons. The van der Waals surface area contributed by atoms with Gasteiger partial charge in [0.2, 0.25) is 0 Å². The van der Waals surface area contributed by atoms with E-state index in [0.29, 0.717) is 16.3 Å². The number of carbonyl (C=O) groups is 1. The van der Waals surface area contributed by atoms with Crippen LogP contribution in [0.1, 0.15) is 21.5 Å². The molecule has 19 heavy (non-hydrogen) atoms. The van der Waals surface area contributed by atoms with Crippen molar-refractivity contribution >= 4 is 23.2 Å². The second-order valence-electron chi connectivity index (χ2n) is 4.49. The van der Waals surface area contributed by atoms with Crippen LogP contribution in [-0.4, -0.2) is 11.0 Å². The van der Waals surface area contributed by atoms with Crippen LogP contribution in [0.4, 0.5) is 5.69 Å². The predicted molar refractivity (Wildman–Crippen MR) is 77.0 cm³/mol. The number of benzene rings is 2. The number of aryl methyl sites for hydroxylation is 2. The number of rotatable bonds is 2. The molecule has 4 heteroatoms. The summed E-state index contributed by atoms with van der Waals surface area (Å²) in [6.07, 6.45) is 0. The van der Waals surface area contributed by atoms with Gasteiger partial charge in [0, 0.05) is 16.7 Å². The third-order valence-electron chi connectivity index (χ3n) is 2.69. The maximum atomic E-state index is 12.1. The van der Waals surface area contributed by atoms with Gasteiger partial charge in [0.15, 0.2) is 0 Å². The minimum absolute atomic E-state index is 0.0507. The van der Waals surface area contributed by atoms with E-state index in [2.05, 4.69) is 5.32 Å². The molecule has 2 rings (SSSR count). The molecule has 0 unspecified atom stereocenters. The quantitative estimate of drug-likeness (QED) is 0.816. The molecule has 0 bridgehead atoms. The molecule has 0 aliphatic heterocycles. The Morgan fingerprint density at radius 3 is 2.32 bits per heavy atom. The van der Waals surface area contributed by atoms with Gasteiger partial charge in [0.25, 0.3) is 5.91 Å². The van der Waals surface area contributed by atoms with Gasteiger partial charge in [0.05, 0.1) is 5.69 Å². The van der Waals surface area contributed by atoms with Crippen LogP contribution < -0.4 is 5.32 Å². The summed E-state index contributed by atoms with van der Waals surface area (Å²) in [6, 6.07) is 10.2. The van der Waals surface area contributed by atoms with E-state index in [1.807, 2.05) is 19.9 Å². The van der Waals surface area contributed by atoms with Gasteiger partial charge in [-0.1, -0.05) is 28.8 Å². The first-order valence-corrected chi connectivity index (χ1v) is 6.21. The second kappa shape index (κ2) is 5.33. The van der Waals surface area contributed by atoms with Crippen LogP contribution in [0.2, 0.25) is 5.02 Å². The zero-order valence-electron chi connectivity index (χ0n) is 10.7. The number of amides is 1. The van der Waals surface area contributed by atoms with E-state index in [4.69, 9.17) is 11.6 Å². The van der Waals surface area contributed by atoms with E-state index in [1.165, 1.54) is 6.07 Å². The number of hydrogen-bond donors (Lipinski definition) is 2. The van der Waals surface area contributed by atoms with Crippen LogP contribution >= 0.6 is 11.6 Å². The average molecular weight is 276 g/mol. The van der Waals surface area contributed by atoms with Crippen LogP contribution in [0, 0.1) is 13.8 Å². The Hall–Kier alpha value is -2.00. The molecular formula is C15H14ClNO2. The number of aromatic hydroxyl groups is 1. The van der Waals surface area contributed by atoms with Crippen molar-refractivity contribution in [2.45, 2.75) is 13.8 Å². The number of phenols is 1. The predicted octanol–water partition coefficient (Wildman–Crippen LogP) is 3.91. The molecule has 0 saturated heterocycles. The summed E-state index contributed by atoms with van der Waals surface area (Å²) in [6.45, 7) is 3.87. The summed E-state index contributed by atoms with van der Waals surface area (Å²) in [5.74, 6) is -0.311. The molecule has 0 atom stereocenters. The topological polar surface area (TPSA) is 49.3 Å². The van der Waals surface area contributed by atoms with Crippen LogP contribution in [0.3, 0.4) is 0 Å². The van der Waals surface area contributed by atoms with E-state index < -0.39 is 0 Å². The molecule has 0 aliphatic rings. The third kappa shape index (κ3) is 3.26. The molecule has 1 amide bonds. The van der Waals surface area contributed by atoms with Crippen LogP contribution in [0.15, 0.2) is 36.4 Å². The van der Waals surface area contributed by atoms with Gasteiger partial charge < -0.3 is 10.4 Å². The Bertz CT molecular complexity index is 618. The minimum Gasteiger partial charge on any atom is -0.506 e. The Morgan fingerprint density at radius 2 is 1.74 bits per heavy atom. The lowest BCUT2D eigenvalue weighted by atomic mass is 10.1. The summed E-state index contributed by atoms with van der Waals surface area (Å²) in [5, 5.41) is 12.8. The highest BCUT2D eigenvalue weighted by molar-refractivity contribution is 6.30.